The van der Waals surface area contributed by atoms with Crippen molar-refractivity contribution in [3.8, 4) is 0 Å². The minimum Gasteiger partial charge on any atom is -0.356 e. The first-order chi connectivity index (χ1) is 12.4. The molecule has 0 radical (unpaired) electrons. The van der Waals surface area contributed by atoms with E-state index in [-0.39, 0.29) is 24.1 Å². The molecule has 0 unspecified atom stereocenters. The molecule has 6 heteroatoms. The van der Waals surface area contributed by atoms with Crippen LogP contribution in [0.4, 0.5) is 4.39 Å². The van der Waals surface area contributed by atoms with E-state index >= 15 is 0 Å². The van der Waals surface area contributed by atoms with Crippen molar-refractivity contribution in [3.05, 3.63) is 70.5 Å². The Morgan fingerprint density at radius 1 is 1.12 bits per heavy atom. The van der Waals surface area contributed by atoms with Gasteiger partial charge < -0.3 is 10.2 Å². The predicted octanol–water partition coefficient (Wildman–Crippen LogP) is 3.58. The van der Waals surface area contributed by atoms with E-state index in [0.717, 1.165) is 11.1 Å². The minimum absolute atomic E-state index is 0.114. The largest absolute Gasteiger partial charge is 0.356 e. The molecule has 2 aromatic carbocycles. The van der Waals surface area contributed by atoms with Gasteiger partial charge in [0.25, 0.3) is 0 Å². The third-order valence-electron chi connectivity index (χ3n) is 3.97. The predicted molar refractivity (Wildman–Crippen MR) is 100 cm³/mol. The van der Waals surface area contributed by atoms with Crippen molar-refractivity contribution in [2.24, 2.45) is 0 Å². The first-order valence-electron chi connectivity index (χ1n) is 8.45. The zero-order chi connectivity index (χ0) is 18.9. The molecule has 2 rings (SSSR count). The summed E-state index contributed by atoms with van der Waals surface area (Å²) in [5.74, 6) is -0.555. The van der Waals surface area contributed by atoms with Gasteiger partial charge in [0, 0.05) is 38.0 Å². The van der Waals surface area contributed by atoms with Crippen LogP contribution < -0.4 is 5.32 Å². The van der Waals surface area contributed by atoms with Crippen molar-refractivity contribution in [2.45, 2.75) is 26.3 Å². The lowest BCUT2D eigenvalue weighted by molar-refractivity contribution is -0.130. The molecule has 0 saturated heterocycles. The molecule has 0 atom stereocenters. The number of halogens is 2. The summed E-state index contributed by atoms with van der Waals surface area (Å²) in [6.07, 6.45) is 0.911. The van der Waals surface area contributed by atoms with E-state index in [0.29, 0.717) is 31.1 Å². The number of rotatable bonds is 8. The summed E-state index contributed by atoms with van der Waals surface area (Å²) in [6.45, 7) is 2.64. The summed E-state index contributed by atoms with van der Waals surface area (Å²) in [6, 6.07) is 13.5. The Morgan fingerprint density at radius 3 is 2.50 bits per heavy atom. The maximum atomic E-state index is 13.0. The highest BCUT2D eigenvalue weighted by molar-refractivity contribution is 6.30. The molecule has 0 bridgehead atoms. The normalized spacial score (nSPS) is 10.4. The number of hydrogen-bond acceptors (Lipinski definition) is 2. The molecule has 138 valence electrons. The molecule has 1 N–H and O–H groups in total. The number of amides is 2. The van der Waals surface area contributed by atoms with Crippen LogP contribution in [0.1, 0.15) is 24.5 Å². The monoisotopic (exact) mass is 376 g/mol. The quantitative estimate of drug-likeness (QED) is 0.765. The van der Waals surface area contributed by atoms with Crippen LogP contribution in [-0.4, -0.2) is 29.8 Å². The van der Waals surface area contributed by atoms with Gasteiger partial charge in [-0.2, -0.15) is 0 Å². The molecule has 0 heterocycles. The maximum absolute atomic E-state index is 13.0. The Kier molecular flexibility index (Phi) is 7.60. The van der Waals surface area contributed by atoms with E-state index in [2.05, 4.69) is 5.32 Å². The third-order valence-corrected chi connectivity index (χ3v) is 4.20. The van der Waals surface area contributed by atoms with Gasteiger partial charge in [-0.05, 0) is 41.8 Å². The molecule has 0 spiro atoms. The second kappa shape index (κ2) is 9.92. The molecular formula is C20H22ClFN2O2. The highest BCUT2D eigenvalue weighted by Crippen LogP contribution is 2.11. The number of hydrogen-bond donors (Lipinski definition) is 1. The fraction of sp³-hybridized carbons (Fsp3) is 0.300. The van der Waals surface area contributed by atoms with Crippen LogP contribution in [0.2, 0.25) is 5.02 Å². The average molecular weight is 377 g/mol. The molecule has 0 aromatic heterocycles. The second-order valence-electron chi connectivity index (χ2n) is 6.05. The summed E-state index contributed by atoms with van der Waals surface area (Å²) in [7, 11) is 0. The molecule has 2 aromatic rings. The van der Waals surface area contributed by atoms with Crippen molar-refractivity contribution in [3.63, 3.8) is 0 Å². The van der Waals surface area contributed by atoms with Crippen LogP contribution in [-0.2, 0) is 22.6 Å². The zero-order valence-corrected chi connectivity index (χ0v) is 15.4. The van der Waals surface area contributed by atoms with Gasteiger partial charge in [-0.3, -0.25) is 9.59 Å². The molecule has 2 amide bonds. The van der Waals surface area contributed by atoms with Crippen LogP contribution in [0.15, 0.2) is 48.5 Å². The van der Waals surface area contributed by atoms with Gasteiger partial charge in [0.1, 0.15) is 5.82 Å². The molecule has 0 aliphatic carbocycles. The van der Waals surface area contributed by atoms with E-state index < -0.39 is 0 Å². The maximum Gasteiger partial charge on any atom is 0.221 e. The average Bonchev–Trinajstić information content (AvgIpc) is 2.60. The molecule has 26 heavy (non-hydrogen) atoms. The lowest BCUT2D eigenvalue weighted by Crippen LogP contribution is -2.34. The fourth-order valence-corrected chi connectivity index (χ4v) is 2.73. The highest BCUT2D eigenvalue weighted by atomic mass is 35.5. The topological polar surface area (TPSA) is 49.4 Å². The standard InChI is InChI=1S/C20H22ClFN2O2/c1-15(25)24(14-17-5-7-19(22)8-6-17)12-10-20(26)23-11-9-16-3-2-4-18(21)13-16/h2-8,13H,9-12,14H2,1H3,(H,23,26). The molecule has 0 aliphatic rings. The number of benzene rings is 2. The van der Waals surface area contributed by atoms with Crippen LogP contribution in [0.25, 0.3) is 0 Å². The summed E-state index contributed by atoms with van der Waals surface area (Å²) < 4.78 is 13.0. The molecule has 0 aliphatic heterocycles. The van der Waals surface area contributed by atoms with Crippen LogP contribution >= 0.6 is 11.6 Å². The summed E-state index contributed by atoms with van der Waals surface area (Å²) in [4.78, 5) is 25.3. The number of nitrogens with one attached hydrogen (secondary N) is 1. The van der Waals surface area contributed by atoms with E-state index in [1.165, 1.54) is 19.1 Å². The number of nitrogens with zero attached hydrogens (tertiary/aromatic N) is 1. The Bertz CT molecular complexity index is 750. The minimum atomic E-state index is -0.317. The second-order valence-corrected chi connectivity index (χ2v) is 6.48. The van der Waals surface area contributed by atoms with E-state index in [1.807, 2.05) is 18.2 Å². The molecule has 0 saturated carbocycles. The van der Waals surface area contributed by atoms with Gasteiger partial charge in [0.05, 0.1) is 0 Å². The van der Waals surface area contributed by atoms with E-state index in [1.54, 1.807) is 23.1 Å². The summed E-state index contributed by atoms with van der Waals surface area (Å²) in [5.41, 5.74) is 1.88. The lowest BCUT2D eigenvalue weighted by Gasteiger charge is -2.21. The van der Waals surface area contributed by atoms with Crippen LogP contribution in [0.5, 0.6) is 0 Å². The zero-order valence-electron chi connectivity index (χ0n) is 14.7. The first-order valence-corrected chi connectivity index (χ1v) is 8.83. The Morgan fingerprint density at radius 2 is 1.85 bits per heavy atom. The number of carbonyl (C=O) groups excluding carboxylic acids is 2. The van der Waals surface area contributed by atoms with Crippen molar-refractivity contribution in [2.75, 3.05) is 13.1 Å². The number of carbonyl (C=O) groups is 2. The van der Waals surface area contributed by atoms with Gasteiger partial charge in [0.15, 0.2) is 0 Å². The van der Waals surface area contributed by atoms with Crippen molar-refractivity contribution in [1.29, 1.82) is 0 Å². The van der Waals surface area contributed by atoms with Crippen molar-refractivity contribution >= 4 is 23.4 Å². The van der Waals surface area contributed by atoms with Gasteiger partial charge in [-0.1, -0.05) is 35.9 Å². The highest BCUT2D eigenvalue weighted by Gasteiger charge is 2.12. The summed E-state index contributed by atoms with van der Waals surface area (Å²) >= 11 is 5.93. The summed E-state index contributed by atoms with van der Waals surface area (Å²) in [5, 5.41) is 3.52. The van der Waals surface area contributed by atoms with Gasteiger partial charge >= 0.3 is 0 Å². The van der Waals surface area contributed by atoms with E-state index in [9.17, 15) is 14.0 Å². The molecule has 4 nitrogen and oxygen atoms in total. The molecular weight excluding hydrogens is 355 g/mol. The third kappa shape index (κ3) is 6.84. The van der Waals surface area contributed by atoms with Gasteiger partial charge in [-0.15, -0.1) is 0 Å². The first kappa shape index (κ1) is 19.9. The van der Waals surface area contributed by atoms with Gasteiger partial charge in [0.2, 0.25) is 11.8 Å². The fourth-order valence-electron chi connectivity index (χ4n) is 2.52. The van der Waals surface area contributed by atoms with Crippen LogP contribution in [0, 0.1) is 5.82 Å². The smallest absolute Gasteiger partial charge is 0.221 e. The Labute approximate surface area is 158 Å². The Balaban J connectivity index is 1.76. The van der Waals surface area contributed by atoms with E-state index in [4.69, 9.17) is 11.6 Å². The van der Waals surface area contributed by atoms with Crippen LogP contribution in [0.3, 0.4) is 0 Å². The Hall–Kier alpha value is -2.40. The molecule has 0 fully saturated rings. The SMILES string of the molecule is CC(=O)N(CCC(=O)NCCc1cccc(Cl)c1)Cc1ccc(F)cc1. The lowest BCUT2D eigenvalue weighted by atomic mass is 10.1. The van der Waals surface area contributed by atoms with Crippen molar-refractivity contribution in [1.82, 2.24) is 10.2 Å². The van der Waals surface area contributed by atoms with Gasteiger partial charge in [-0.25, -0.2) is 4.39 Å². The van der Waals surface area contributed by atoms with Crippen molar-refractivity contribution < 1.29 is 14.0 Å².